The monoisotopic (exact) mass is 377 g/mol. The van der Waals surface area contributed by atoms with Crippen LogP contribution in [0.15, 0.2) is 48.5 Å². The normalized spacial score (nSPS) is 21.7. The molecule has 26 heavy (non-hydrogen) atoms. The second-order valence-corrected chi connectivity index (χ2v) is 7.97. The first-order chi connectivity index (χ1) is 12.6. The average molecular weight is 377 g/mol. The van der Waals surface area contributed by atoms with Gasteiger partial charge in [0, 0.05) is 19.6 Å². The maximum Gasteiger partial charge on any atom is 0.331 e. The Morgan fingerprint density at radius 2 is 1.77 bits per heavy atom. The molecule has 0 unspecified atom stereocenters. The molecular formula is C18H20FN3O3S. The third kappa shape index (κ3) is 2.94. The summed E-state index contributed by atoms with van der Waals surface area (Å²) in [6, 6.07) is 12.9. The lowest BCUT2D eigenvalue weighted by atomic mass is 10.2. The van der Waals surface area contributed by atoms with E-state index in [0.717, 1.165) is 10.8 Å². The second kappa shape index (κ2) is 6.86. The molecule has 1 atom stereocenters. The predicted molar refractivity (Wildman–Crippen MR) is 98.5 cm³/mol. The summed E-state index contributed by atoms with van der Waals surface area (Å²) >= 11 is 0. The summed E-state index contributed by atoms with van der Waals surface area (Å²) in [4.78, 5) is 0. The Labute approximate surface area is 152 Å². The van der Waals surface area contributed by atoms with Crippen molar-refractivity contribution < 1.29 is 17.5 Å². The zero-order valence-corrected chi connectivity index (χ0v) is 15.0. The molecule has 6 nitrogen and oxygen atoms in total. The topological polar surface area (TPSA) is 61.9 Å². The molecule has 2 aromatic carbocycles. The standard InChI is InChI=1S/C18H20FN3O3S/c19-15-5-1-2-6-16(15)22-18-8-4-3-7-17(18)21(26(22,23)24)11-9-14-13-20-10-12-25-14/h1-8,14,20H,9-13H2/t14-/m0/s1. The average Bonchev–Trinajstić information content (AvgIpc) is 2.87. The Morgan fingerprint density at radius 3 is 2.46 bits per heavy atom. The number of para-hydroxylation sites is 3. The van der Waals surface area contributed by atoms with Gasteiger partial charge in [-0.05, 0) is 30.7 Å². The van der Waals surface area contributed by atoms with Crippen LogP contribution in [0, 0.1) is 5.82 Å². The van der Waals surface area contributed by atoms with Gasteiger partial charge >= 0.3 is 10.2 Å². The van der Waals surface area contributed by atoms with Gasteiger partial charge in [0.1, 0.15) is 5.82 Å². The van der Waals surface area contributed by atoms with E-state index >= 15 is 0 Å². The Kier molecular flexibility index (Phi) is 4.56. The molecule has 8 heteroatoms. The number of benzene rings is 2. The minimum atomic E-state index is -3.91. The summed E-state index contributed by atoms with van der Waals surface area (Å²) < 4.78 is 48.8. The molecule has 1 fully saturated rings. The van der Waals surface area contributed by atoms with E-state index in [1.54, 1.807) is 36.4 Å². The van der Waals surface area contributed by atoms with Crippen molar-refractivity contribution in [2.75, 3.05) is 34.9 Å². The third-order valence-electron chi connectivity index (χ3n) is 4.61. The van der Waals surface area contributed by atoms with Crippen LogP contribution in [0.25, 0.3) is 0 Å². The molecule has 4 rings (SSSR count). The maximum absolute atomic E-state index is 14.3. The Hall–Kier alpha value is -2.16. The number of nitrogens with one attached hydrogen (secondary N) is 1. The van der Waals surface area contributed by atoms with Gasteiger partial charge in [0.25, 0.3) is 0 Å². The minimum Gasteiger partial charge on any atom is -0.376 e. The minimum absolute atomic E-state index is 0.0260. The largest absolute Gasteiger partial charge is 0.376 e. The van der Waals surface area contributed by atoms with Crippen LogP contribution >= 0.6 is 0 Å². The van der Waals surface area contributed by atoms with Gasteiger partial charge in [-0.3, -0.25) is 4.31 Å². The second-order valence-electron chi connectivity index (χ2n) is 6.27. The van der Waals surface area contributed by atoms with Gasteiger partial charge < -0.3 is 10.1 Å². The highest BCUT2D eigenvalue weighted by Gasteiger charge is 2.42. The first-order valence-electron chi connectivity index (χ1n) is 8.58. The number of anilines is 3. The van der Waals surface area contributed by atoms with Gasteiger partial charge in [0.2, 0.25) is 0 Å². The highest BCUT2D eigenvalue weighted by atomic mass is 32.2. The zero-order valence-electron chi connectivity index (χ0n) is 14.1. The number of fused-ring (bicyclic) bond motifs is 1. The van der Waals surface area contributed by atoms with E-state index in [1.807, 2.05) is 0 Å². The first-order valence-corrected chi connectivity index (χ1v) is 9.97. The van der Waals surface area contributed by atoms with Gasteiger partial charge in [-0.2, -0.15) is 8.42 Å². The molecule has 2 aliphatic rings. The summed E-state index contributed by atoms with van der Waals surface area (Å²) in [5.74, 6) is -0.576. The molecule has 1 saturated heterocycles. The highest BCUT2D eigenvalue weighted by molar-refractivity contribution is 7.95. The molecule has 0 aromatic heterocycles. The zero-order chi connectivity index (χ0) is 18.1. The third-order valence-corrected chi connectivity index (χ3v) is 6.40. The van der Waals surface area contributed by atoms with Crippen molar-refractivity contribution in [2.45, 2.75) is 12.5 Å². The van der Waals surface area contributed by atoms with Gasteiger partial charge in [-0.25, -0.2) is 8.70 Å². The fraction of sp³-hybridized carbons (Fsp3) is 0.333. The van der Waals surface area contributed by atoms with Crippen molar-refractivity contribution in [3.63, 3.8) is 0 Å². The van der Waals surface area contributed by atoms with Crippen LogP contribution in [0.5, 0.6) is 0 Å². The Balaban J connectivity index is 1.68. The van der Waals surface area contributed by atoms with Gasteiger partial charge in [0.05, 0.1) is 29.8 Å². The van der Waals surface area contributed by atoms with Crippen LogP contribution in [-0.4, -0.2) is 40.8 Å². The maximum atomic E-state index is 14.3. The summed E-state index contributed by atoms with van der Waals surface area (Å²) in [6.45, 7) is 2.40. The summed E-state index contributed by atoms with van der Waals surface area (Å²) in [5, 5.41) is 3.24. The lowest BCUT2D eigenvalue weighted by Gasteiger charge is -2.26. The lowest BCUT2D eigenvalue weighted by Crippen LogP contribution is -2.42. The fourth-order valence-corrected chi connectivity index (χ4v) is 5.10. The Morgan fingerprint density at radius 1 is 1.08 bits per heavy atom. The molecular weight excluding hydrogens is 357 g/mol. The molecule has 0 radical (unpaired) electrons. The smallest absolute Gasteiger partial charge is 0.331 e. The number of rotatable bonds is 4. The molecule has 2 aliphatic heterocycles. The molecule has 0 saturated carbocycles. The van der Waals surface area contributed by atoms with Crippen LogP contribution in [-0.2, 0) is 14.9 Å². The van der Waals surface area contributed by atoms with Crippen LogP contribution in [0.3, 0.4) is 0 Å². The van der Waals surface area contributed by atoms with Crippen LogP contribution in [0.2, 0.25) is 0 Å². The molecule has 1 N–H and O–H groups in total. The van der Waals surface area contributed by atoms with Crippen molar-refractivity contribution in [3.8, 4) is 0 Å². The van der Waals surface area contributed by atoms with E-state index < -0.39 is 16.0 Å². The quantitative estimate of drug-likeness (QED) is 0.889. The van der Waals surface area contributed by atoms with Crippen molar-refractivity contribution in [1.29, 1.82) is 0 Å². The molecule has 2 heterocycles. The van der Waals surface area contributed by atoms with Crippen LogP contribution in [0.4, 0.5) is 21.5 Å². The van der Waals surface area contributed by atoms with E-state index in [2.05, 4.69) is 5.32 Å². The molecule has 0 spiro atoms. The summed E-state index contributed by atoms with van der Waals surface area (Å²) in [5.41, 5.74) is 1.04. The number of ether oxygens (including phenoxy) is 1. The molecule has 0 bridgehead atoms. The van der Waals surface area contributed by atoms with Crippen molar-refractivity contribution in [2.24, 2.45) is 0 Å². The van der Waals surface area contributed by atoms with E-state index in [4.69, 9.17) is 4.74 Å². The van der Waals surface area contributed by atoms with Crippen LogP contribution < -0.4 is 13.9 Å². The van der Waals surface area contributed by atoms with Gasteiger partial charge in [-0.1, -0.05) is 24.3 Å². The van der Waals surface area contributed by atoms with Crippen molar-refractivity contribution >= 4 is 27.3 Å². The van der Waals surface area contributed by atoms with Gasteiger partial charge in [-0.15, -0.1) is 0 Å². The number of hydrogen-bond acceptors (Lipinski definition) is 4. The highest BCUT2D eigenvalue weighted by Crippen LogP contribution is 2.45. The SMILES string of the molecule is O=S1(=O)N(CC[C@H]2CNCCO2)c2ccccc2N1c1ccccc1F. The van der Waals surface area contributed by atoms with E-state index in [1.165, 1.54) is 16.4 Å². The summed E-state index contributed by atoms with van der Waals surface area (Å²) in [6.07, 6.45) is 0.528. The molecule has 0 aliphatic carbocycles. The molecule has 2 aromatic rings. The first kappa shape index (κ1) is 17.3. The van der Waals surface area contributed by atoms with Crippen molar-refractivity contribution in [1.82, 2.24) is 5.32 Å². The van der Waals surface area contributed by atoms with Gasteiger partial charge in [0.15, 0.2) is 0 Å². The predicted octanol–water partition coefficient (Wildman–Crippen LogP) is 2.41. The molecule has 138 valence electrons. The number of hydrogen-bond donors (Lipinski definition) is 1. The number of nitrogens with zero attached hydrogens (tertiary/aromatic N) is 2. The summed E-state index contributed by atoms with van der Waals surface area (Å²) in [7, 11) is -3.91. The van der Waals surface area contributed by atoms with Crippen molar-refractivity contribution in [3.05, 3.63) is 54.3 Å². The molecule has 0 amide bonds. The number of morpholine rings is 1. The lowest BCUT2D eigenvalue weighted by molar-refractivity contribution is 0.0254. The van der Waals surface area contributed by atoms with Crippen LogP contribution in [0.1, 0.15) is 6.42 Å². The van der Waals surface area contributed by atoms with E-state index in [-0.39, 0.29) is 18.3 Å². The number of halogens is 1. The fourth-order valence-electron chi connectivity index (χ4n) is 3.37. The van der Waals surface area contributed by atoms with E-state index in [9.17, 15) is 12.8 Å². The Bertz CT molecular complexity index is 900. The van der Waals surface area contributed by atoms with E-state index in [0.29, 0.717) is 30.9 Å².